The maximum atomic E-state index is 12.4. The summed E-state index contributed by atoms with van der Waals surface area (Å²) in [5.74, 6) is -0.543. The van der Waals surface area contributed by atoms with Crippen molar-refractivity contribution in [3.63, 3.8) is 0 Å². The van der Waals surface area contributed by atoms with Crippen molar-refractivity contribution in [3.05, 3.63) is 28.2 Å². The van der Waals surface area contributed by atoms with Crippen molar-refractivity contribution in [2.75, 3.05) is 5.43 Å². The fraction of sp³-hybridized carbons (Fsp3) is 0.100. The largest absolute Gasteiger partial charge is 0.416 e. The second kappa shape index (κ2) is 5.71. The summed E-state index contributed by atoms with van der Waals surface area (Å²) in [7, 11) is 0. The van der Waals surface area contributed by atoms with Gasteiger partial charge in [0.25, 0.3) is 0 Å². The Morgan fingerprint density at radius 1 is 1.47 bits per heavy atom. The van der Waals surface area contributed by atoms with Gasteiger partial charge < -0.3 is 5.73 Å². The van der Waals surface area contributed by atoms with Gasteiger partial charge in [0, 0.05) is 4.47 Å². The zero-order valence-corrected chi connectivity index (χ0v) is 10.8. The number of amidine groups is 1. The molecule has 0 saturated heterocycles. The molecule has 0 saturated carbocycles. The molecule has 0 aliphatic heterocycles. The molecule has 0 unspecified atom stereocenters. The summed E-state index contributed by atoms with van der Waals surface area (Å²) in [5, 5.41) is 19.1. The van der Waals surface area contributed by atoms with Gasteiger partial charge in [-0.25, -0.2) is 0 Å². The molecule has 0 aliphatic carbocycles. The molecule has 19 heavy (non-hydrogen) atoms. The van der Waals surface area contributed by atoms with Crippen LogP contribution in [0.15, 0.2) is 27.8 Å². The Hall–Kier alpha value is -2.08. The third-order valence-electron chi connectivity index (χ3n) is 1.95. The van der Waals surface area contributed by atoms with Crippen LogP contribution in [0, 0.1) is 16.7 Å². The van der Waals surface area contributed by atoms with Gasteiger partial charge in [-0.3, -0.25) is 10.8 Å². The molecule has 1 aromatic rings. The van der Waals surface area contributed by atoms with Gasteiger partial charge in [-0.15, -0.1) is 0 Å². The monoisotopic (exact) mass is 333 g/mol. The molecule has 4 N–H and O–H groups in total. The Bertz CT molecular complexity index is 574. The average Bonchev–Trinajstić information content (AvgIpc) is 2.29. The quantitative estimate of drug-likeness (QED) is 0.450. The molecule has 1 rings (SSSR count). The fourth-order valence-corrected chi connectivity index (χ4v) is 1.51. The first kappa shape index (κ1) is 15.0. The van der Waals surface area contributed by atoms with Crippen molar-refractivity contribution >= 4 is 33.2 Å². The number of hydrogen-bond acceptors (Lipinski definition) is 4. The summed E-state index contributed by atoms with van der Waals surface area (Å²) >= 11 is 2.95. The molecule has 0 radical (unpaired) electrons. The van der Waals surface area contributed by atoms with E-state index in [9.17, 15) is 13.2 Å². The number of hydrogen-bond donors (Lipinski definition) is 3. The summed E-state index contributed by atoms with van der Waals surface area (Å²) in [6.45, 7) is 0. The number of rotatable bonds is 3. The van der Waals surface area contributed by atoms with E-state index in [2.05, 4.69) is 26.5 Å². The van der Waals surface area contributed by atoms with Gasteiger partial charge in [-0.1, -0.05) is 0 Å². The Morgan fingerprint density at radius 3 is 2.53 bits per heavy atom. The van der Waals surface area contributed by atoms with Crippen LogP contribution in [0.4, 0.5) is 18.9 Å². The lowest BCUT2D eigenvalue weighted by atomic mass is 10.2. The molecule has 0 atom stereocenters. The molecule has 9 heteroatoms. The Balaban J connectivity index is 3.00. The highest BCUT2D eigenvalue weighted by atomic mass is 79.9. The lowest BCUT2D eigenvalue weighted by molar-refractivity contribution is -0.137. The molecule has 0 spiro atoms. The van der Waals surface area contributed by atoms with Crippen molar-refractivity contribution < 1.29 is 13.2 Å². The van der Waals surface area contributed by atoms with Crippen molar-refractivity contribution in [2.24, 2.45) is 10.8 Å². The summed E-state index contributed by atoms with van der Waals surface area (Å²) < 4.78 is 37.4. The second-order valence-corrected chi connectivity index (χ2v) is 4.14. The van der Waals surface area contributed by atoms with E-state index >= 15 is 0 Å². The number of nitrogens with zero attached hydrogens (tertiary/aromatic N) is 2. The summed E-state index contributed by atoms with van der Waals surface area (Å²) in [6.07, 6.45) is -4.44. The molecule has 0 heterocycles. The number of benzene rings is 1. The van der Waals surface area contributed by atoms with Gasteiger partial charge in [-0.2, -0.15) is 23.5 Å². The van der Waals surface area contributed by atoms with E-state index < -0.39 is 17.6 Å². The van der Waals surface area contributed by atoms with E-state index in [0.29, 0.717) is 0 Å². The first-order valence-electron chi connectivity index (χ1n) is 4.70. The third-order valence-corrected chi connectivity index (χ3v) is 2.60. The van der Waals surface area contributed by atoms with Gasteiger partial charge in [0.2, 0.25) is 5.71 Å². The van der Waals surface area contributed by atoms with Crippen molar-refractivity contribution in [3.8, 4) is 6.07 Å². The number of hydrazone groups is 1. The van der Waals surface area contributed by atoms with Crippen LogP contribution in [0.3, 0.4) is 0 Å². The third kappa shape index (κ3) is 3.96. The molecule has 0 bridgehead atoms. The topological polar surface area (TPSA) is 98.0 Å². The second-order valence-electron chi connectivity index (χ2n) is 3.29. The first-order valence-corrected chi connectivity index (χ1v) is 5.50. The van der Waals surface area contributed by atoms with Crippen LogP contribution in [-0.2, 0) is 6.18 Å². The standard InChI is InChI=1S/C10H7BrF3N5/c11-6-3-5(10(12,13)14)1-2-7(6)18-19-8(4-15)9(16)17/h1-3,18H,(H3,16,17)/b19-8+. The van der Waals surface area contributed by atoms with E-state index in [-0.39, 0.29) is 15.9 Å². The summed E-state index contributed by atoms with van der Waals surface area (Å²) in [4.78, 5) is 0. The van der Waals surface area contributed by atoms with Crippen molar-refractivity contribution in [2.45, 2.75) is 6.18 Å². The van der Waals surface area contributed by atoms with Crippen LogP contribution < -0.4 is 11.2 Å². The molecule has 1 aromatic carbocycles. The van der Waals surface area contributed by atoms with E-state index in [1.54, 1.807) is 6.07 Å². The lowest BCUT2D eigenvalue weighted by Crippen LogP contribution is -2.21. The van der Waals surface area contributed by atoms with Gasteiger partial charge in [0.15, 0.2) is 5.84 Å². The highest BCUT2D eigenvalue weighted by Gasteiger charge is 2.30. The highest BCUT2D eigenvalue weighted by molar-refractivity contribution is 9.10. The van der Waals surface area contributed by atoms with Crippen LogP contribution in [0.25, 0.3) is 0 Å². The lowest BCUT2D eigenvalue weighted by Gasteiger charge is -2.09. The summed E-state index contributed by atoms with van der Waals surface area (Å²) in [6, 6.07) is 4.45. The summed E-state index contributed by atoms with van der Waals surface area (Å²) in [5.41, 5.74) is 6.44. The van der Waals surface area contributed by atoms with Gasteiger partial charge in [0.1, 0.15) is 6.07 Å². The van der Waals surface area contributed by atoms with E-state index in [0.717, 1.165) is 18.2 Å². The minimum Gasteiger partial charge on any atom is -0.382 e. The Kier molecular flexibility index (Phi) is 4.50. The van der Waals surface area contributed by atoms with E-state index in [4.69, 9.17) is 16.4 Å². The zero-order chi connectivity index (χ0) is 14.6. The number of nitrogens with two attached hydrogens (primary N) is 1. The molecule has 100 valence electrons. The minimum atomic E-state index is -4.44. The Labute approximate surface area is 114 Å². The average molecular weight is 334 g/mol. The molecule has 5 nitrogen and oxygen atoms in total. The number of halogens is 4. The molecular weight excluding hydrogens is 327 g/mol. The molecular formula is C10H7BrF3N5. The van der Waals surface area contributed by atoms with Crippen molar-refractivity contribution in [1.82, 2.24) is 0 Å². The maximum absolute atomic E-state index is 12.4. The van der Waals surface area contributed by atoms with Crippen LogP contribution in [0.5, 0.6) is 0 Å². The minimum absolute atomic E-state index is 0.118. The van der Waals surface area contributed by atoms with Gasteiger partial charge >= 0.3 is 6.18 Å². The smallest absolute Gasteiger partial charge is 0.382 e. The number of nitriles is 1. The molecule has 0 aromatic heterocycles. The highest BCUT2D eigenvalue weighted by Crippen LogP contribution is 2.33. The van der Waals surface area contributed by atoms with E-state index in [1.165, 1.54) is 0 Å². The molecule has 0 aliphatic rings. The van der Waals surface area contributed by atoms with Crippen LogP contribution in [0.1, 0.15) is 5.56 Å². The maximum Gasteiger partial charge on any atom is 0.416 e. The molecule has 0 amide bonds. The van der Waals surface area contributed by atoms with Crippen LogP contribution in [-0.4, -0.2) is 11.5 Å². The van der Waals surface area contributed by atoms with Gasteiger partial charge in [-0.05, 0) is 34.1 Å². The molecule has 0 fully saturated rings. The SMILES string of the molecule is N#C/C(=N\Nc1ccc(C(F)(F)F)cc1Br)C(=N)N. The van der Waals surface area contributed by atoms with E-state index in [1.807, 2.05) is 0 Å². The first-order chi connectivity index (χ1) is 8.75. The predicted octanol–water partition coefficient (Wildman–Crippen LogP) is 2.70. The van der Waals surface area contributed by atoms with Crippen LogP contribution >= 0.6 is 15.9 Å². The van der Waals surface area contributed by atoms with Crippen molar-refractivity contribution in [1.29, 1.82) is 10.7 Å². The number of nitrogens with one attached hydrogen (secondary N) is 2. The Morgan fingerprint density at radius 2 is 2.11 bits per heavy atom. The zero-order valence-electron chi connectivity index (χ0n) is 9.22. The predicted molar refractivity (Wildman–Crippen MR) is 67.7 cm³/mol. The number of anilines is 1. The van der Waals surface area contributed by atoms with Crippen LogP contribution in [0.2, 0.25) is 0 Å². The van der Waals surface area contributed by atoms with Gasteiger partial charge in [0.05, 0.1) is 11.3 Å². The normalized spacial score (nSPS) is 11.8. The number of alkyl halides is 3. The fourth-order valence-electron chi connectivity index (χ4n) is 1.04.